The molecule has 0 saturated heterocycles. The number of aliphatic imine (C=N–C) groups is 1. The van der Waals surface area contributed by atoms with Crippen LogP contribution in [-0.2, 0) is 5.41 Å². The van der Waals surface area contributed by atoms with Gasteiger partial charge in [-0.3, -0.25) is 4.99 Å². The maximum absolute atomic E-state index is 5.55. The normalized spacial score (nSPS) is 13.8. The molecule has 1 atom stereocenters. The molecule has 0 aliphatic heterocycles. The van der Waals surface area contributed by atoms with Gasteiger partial charge in [0.2, 0.25) is 0 Å². The van der Waals surface area contributed by atoms with E-state index in [1.807, 2.05) is 13.1 Å². The first-order chi connectivity index (χ1) is 8.85. The van der Waals surface area contributed by atoms with E-state index in [0.29, 0.717) is 0 Å². The molecule has 0 aliphatic carbocycles. The van der Waals surface area contributed by atoms with Crippen molar-refractivity contribution < 1.29 is 4.74 Å². The van der Waals surface area contributed by atoms with Crippen molar-refractivity contribution in [2.24, 2.45) is 4.99 Å². The zero-order valence-electron chi connectivity index (χ0n) is 12.7. The van der Waals surface area contributed by atoms with Gasteiger partial charge in [-0.05, 0) is 58.6 Å². The summed E-state index contributed by atoms with van der Waals surface area (Å²) in [6, 6.07) is 4.56. The summed E-state index contributed by atoms with van der Waals surface area (Å²) in [6.45, 7) is 10.7. The minimum absolute atomic E-state index is 0.0398. The number of nitrogens with zero attached hydrogens (tertiary/aromatic N) is 1. The monoisotopic (exact) mass is 325 g/mol. The van der Waals surface area contributed by atoms with Crippen molar-refractivity contribution >= 4 is 22.1 Å². The van der Waals surface area contributed by atoms with Crippen molar-refractivity contribution in [1.82, 2.24) is 0 Å². The number of halogens is 1. The molecular weight excluding hydrogens is 302 g/mol. The molecule has 0 amide bonds. The lowest BCUT2D eigenvalue weighted by atomic mass is 9.84. The zero-order chi connectivity index (χ0) is 14.6. The van der Waals surface area contributed by atoms with Crippen molar-refractivity contribution in [3.63, 3.8) is 0 Å². The molecule has 0 N–H and O–H groups in total. The molecule has 0 fully saturated rings. The van der Waals surface area contributed by atoms with Gasteiger partial charge in [0.15, 0.2) is 0 Å². The molecule has 1 unspecified atom stereocenters. The van der Waals surface area contributed by atoms with Gasteiger partial charge in [-0.25, -0.2) is 0 Å². The van der Waals surface area contributed by atoms with E-state index >= 15 is 0 Å². The van der Waals surface area contributed by atoms with Gasteiger partial charge < -0.3 is 4.74 Å². The molecule has 106 valence electrons. The summed E-state index contributed by atoms with van der Waals surface area (Å²) in [6.07, 6.45) is 2.87. The molecule has 0 radical (unpaired) electrons. The second-order valence-corrected chi connectivity index (χ2v) is 6.52. The summed E-state index contributed by atoms with van der Waals surface area (Å²) >= 11 is 3.62. The van der Waals surface area contributed by atoms with Gasteiger partial charge in [-0.1, -0.05) is 27.7 Å². The fourth-order valence-electron chi connectivity index (χ4n) is 2.18. The molecule has 19 heavy (non-hydrogen) atoms. The van der Waals surface area contributed by atoms with Crippen molar-refractivity contribution in [3.8, 4) is 5.75 Å². The molecule has 0 saturated carbocycles. The van der Waals surface area contributed by atoms with E-state index in [0.717, 1.165) is 16.6 Å². The van der Waals surface area contributed by atoms with Crippen LogP contribution in [0.25, 0.3) is 0 Å². The molecule has 1 aromatic rings. The Bertz CT molecular complexity index is 461. The van der Waals surface area contributed by atoms with Crippen LogP contribution in [0.1, 0.15) is 58.2 Å². The Hall–Kier alpha value is -0.830. The fourth-order valence-corrected chi connectivity index (χ4v) is 2.82. The van der Waals surface area contributed by atoms with Gasteiger partial charge in [0, 0.05) is 5.56 Å². The van der Waals surface area contributed by atoms with Crippen molar-refractivity contribution in [1.29, 1.82) is 0 Å². The van der Waals surface area contributed by atoms with Crippen LogP contribution in [-0.4, -0.2) is 13.3 Å². The van der Waals surface area contributed by atoms with Crippen molar-refractivity contribution in [2.45, 2.75) is 52.5 Å². The van der Waals surface area contributed by atoms with E-state index in [1.54, 1.807) is 7.11 Å². The summed E-state index contributed by atoms with van der Waals surface area (Å²) in [5.74, 6) is 0.923. The minimum Gasteiger partial charge on any atom is -0.495 e. The van der Waals surface area contributed by atoms with Crippen LogP contribution >= 0.6 is 15.9 Å². The van der Waals surface area contributed by atoms with Crippen LogP contribution in [0.5, 0.6) is 5.75 Å². The number of ether oxygens (including phenoxy) is 1. The second-order valence-electron chi connectivity index (χ2n) is 5.66. The molecule has 1 aromatic carbocycles. The number of hydrogen-bond acceptors (Lipinski definition) is 2. The molecule has 3 heteroatoms. The van der Waals surface area contributed by atoms with E-state index in [1.165, 1.54) is 11.1 Å². The Morgan fingerprint density at radius 3 is 2.42 bits per heavy atom. The Morgan fingerprint density at radius 1 is 1.37 bits per heavy atom. The third-order valence-corrected chi connectivity index (χ3v) is 3.77. The number of benzene rings is 1. The molecule has 0 bridgehead atoms. The quantitative estimate of drug-likeness (QED) is 0.688. The predicted octanol–water partition coefficient (Wildman–Crippen LogP) is 5.30. The summed E-state index contributed by atoms with van der Waals surface area (Å²) in [5.41, 5.74) is 2.49. The largest absolute Gasteiger partial charge is 0.495 e. The first kappa shape index (κ1) is 16.2. The van der Waals surface area contributed by atoms with Gasteiger partial charge in [0.1, 0.15) is 5.75 Å². The number of hydrogen-bond donors (Lipinski definition) is 0. The van der Waals surface area contributed by atoms with Gasteiger partial charge in [-0.2, -0.15) is 0 Å². The number of methoxy groups -OCH3 is 1. The molecule has 2 nitrogen and oxygen atoms in total. The maximum atomic E-state index is 5.55. The lowest BCUT2D eigenvalue weighted by Crippen LogP contribution is -2.14. The molecule has 0 spiro atoms. The van der Waals surface area contributed by atoms with E-state index in [9.17, 15) is 0 Å². The first-order valence-electron chi connectivity index (χ1n) is 6.70. The smallest absolute Gasteiger partial charge is 0.136 e. The Morgan fingerprint density at radius 2 is 2.00 bits per heavy atom. The maximum Gasteiger partial charge on any atom is 0.136 e. The molecule has 0 heterocycles. The Labute approximate surface area is 125 Å². The second kappa shape index (κ2) is 6.56. The highest BCUT2D eigenvalue weighted by molar-refractivity contribution is 9.10. The zero-order valence-corrected chi connectivity index (χ0v) is 14.3. The van der Waals surface area contributed by atoms with Gasteiger partial charge in [0.05, 0.1) is 17.6 Å². The lowest BCUT2D eigenvalue weighted by Gasteiger charge is -2.25. The van der Waals surface area contributed by atoms with E-state index in [4.69, 9.17) is 4.74 Å². The predicted molar refractivity (Wildman–Crippen MR) is 86.6 cm³/mol. The van der Waals surface area contributed by atoms with Crippen LogP contribution in [0.4, 0.5) is 0 Å². The highest BCUT2D eigenvalue weighted by atomic mass is 79.9. The summed E-state index contributed by atoms with van der Waals surface area (Å²) < 4.78 is 6.55. The Kier molecular flexibility index (Phi) is 5.60. The average Bonchev–Trinajstić information content (AvgIpc) is 2.33. The van der Waals surface area contributed by atoms with Crippen molar-refractivity contribution in [2.75, 3.05) is 7.11 Å². The summed E-state index contributed by atoms with van der Waals surface area (Å²) in [7, 11) is 1.72. The van der Waals surface area contributed by atoms with Gasteiger partial charge >= 0.3 is 0 Å². The average molecular weight is 326 g/mol. The van der Waals surface area contributed by atoms with Crippen LogP contribution < -0.4 is 4.74 Å². The van der Waals surface area contributed by atoms with E-state index < -0.39 is 0 Å². The number of rotatable bonds is 4. The van der Waals surface area contributed by atoms with E-state index in [-0.39, 0.29) is 11.5 Å². The molecule has 0 aromatic heterocycles. The van der Waals surface area contributed by atoms with Crippen molar-refractivity contribution in [3.05, 3.63) is 27.7 Å². The Balaban J connectivity index is 3.42. The summed E-state index contributed by atoms with van der Waals surface area (Å²) in [5, 5.41) is 0. The van der Waals surface area contributed by atoms with Crippen LogP contribution in [0.15, 0.2) is 21.6 Å². The summed E-state index contributed by atoms with van der Waals surface area (Å²) in [4.78, 5) is 4.55. The standard InChI is InChI=1S/C16H24BrNO/c1-7-14(18-8-2)11-9-12(16(3,4)5)15(19-6)13(17)10-11/h8-10,14H,7H2,1-6H3/b18-8-. The van der Waals surface area contributed by atoms with Gasteiger partial charge in [0.25, 0.3) is 0 Å². The third kappa shape index (κ3) is 3.82. The third-order valence-electron chi connectivity index (χ3n) is 3.18. The lowest BCUT2D eigenvalue weighted by molar-refractivity contribution is 0.394. The molecule has 0 aliphatic rings. The highest BCUT2D eigenvalue weighted by Gasteiger charge is 2.23. The fraction of sp³-hybridized carbons (Fsp3) is 0.562. The SMILES string of the molecule is C/C=N\C(CC)c1cc(Br)c(OC)c(C(C)(C)C)c1. The molecular formula is C16H24BrNO. The van der Waals surface area contributed by atoms with Gasteiger partial charge in [-0.15, -0.1) is 0 Å². The van der Waals surface area contributed by atoms with Crippen LogP contribution in [0.2, 0.25) is 0 Å². The van der Waals surface area contributed by atoms with E-state index in [2.05, 4.69) is 60.8 Å². The van der Waals surface area contributed by atoms with Crippen LogP contribution in [0, 0.1) is 0 Å². The van der Waals surface area contributed by atoms with Crippen LogP contribution in [0.3, 0.4) is 0 Å². The minimum atomic E-state index is 0.0398. The first-order valence-corrected chi connectivity index (χ1v) is 7.50. The molecule has 1 rings (SSSR count). The highest BCUT2D eigenvalue weighted by Crippen LogP contribution is 2.40. The topological polar surface area (TPSA) is 21.6 Å².